The fourth-order valence-electron chi connectivity index (χ4n) is 3.54. The molecular formula is C20H25FO4. The molecule has 1 aromatic rings. The molecule has 1 aromatic carbocycles. The Kier molecular flexibility index (Phi) is 5.13. The van der Waals surface area contributed by atoms with Gasteiger partial charge in [-0.15, -0.1) is 0 Å². The van der Waals surface area contributed by atoms with Gasteiger partial charge >= 0.3 is 5.97 Å². The van der Waals surface area contributed by atoms with E-state index < -0.39 is 11.8 Å². The average molecular weight is 348 g/mol. The van der Waals surface area contributed by atoms with Gasteiger partial charge < -0.3 is 14.2 Å². The summed E-state index contributed by atoms with van der Waals surface area (Å²) in [5, 5.41) is 0. The first-order valence-corrected chi connectivity index (χ1v) is 8.83. The second-order valence-corrected chi connectivity index (χ2v) is 7.27. The van der Waals surface area contributed by atoms with Crippen LogP contribution in [0.2, 0.25) is 0 Å². The smallest absolute Gasteiger partial charge is 0.340 e. The molecule has 1 unspecified atom stereocenters. The van der Waals surface area contributed by atoms with E-state index in [0.29, 0.717) is 12.4 Å². The standard InChI is InChI=1S/C20H25FO4/c1-20(2)9-6-7-15(20)13-11-14(19(22)23-3)16(21)12-17(13)25-18-8-4-5-10-24-18/h7,11-12,18H,4-6,8-10H2,1-3H3. The zero-order valence-corrected chi connectivity index (χ0v) is 15.1. The molecule has 3 rings (SSSR count). The summed E-state index contributed by atoms with van der Waals surface area (Å²) in [6.45, 7) is 4.94. The molecule has 1 fully saturated rings. The Morgan fingerprint density at radius 3 is 2.72 bits per heavy atom. The number of halogens is 1. The van der Waals surface area contributed by atoms with Crippen molar-refractivity contribution in [1.82, 2.24) is 0 Å². The third kappa shape index (κ3) is 3.71. The summed E-state index contributed by atoms with van der Waals surface area (Å²) in [6.07, 6.45) is 6.54. The Morgan fingerprint density at radius 1 is 1.32 bits per heavy atom. The maximum atomic E-state index is 14.5. The maximum absolute atomic E-state index is 14.5. The summed E-state index contributed by atoms with van der Waals surface area (Å²) >= 11 is 0. The molecule has 25 heavy (non-hydrogen) atoms. The van der Waals surface area contributed by atoms with Crippen molar-refractivity contribution < 1.29 is 23.4 Å². The molecule has 4 nitrogen and oxygen atoms in total. The van der Waals surface area contributed by atoms with Crippen LogP contribution in [-0.2, 0) is 9.47 Å². The monoisotopic (exact) mass is 348 g/mol. The summed E-state index contributed by atoms with van der Waals surface area (Å²) in [7, 11) is 1.25. The van der Waals surface area contributed by atoms with Gasteiger partial charge in [0.15, 0.2) is 6.29 Å². The number of hydrogen-bond donors (Lipinski definition) is 0. The fraction of sp³-hybridized carbons (Fsp3) is 0.550. The van der Waals surface area contributed by atoms with E-state index in [2.05, 4.69) is 19.9 Å². The van der Waals surface area contributed by atoms with Crippen molar-refractivity contribution in [2.75, 3.05) is 13.7 Å². The van der Waals surface area contributed by atoms with Crippen LogP contribution in [0, 0.1) is 11.2 Å². The van der Waals surface area contributed by atoms with E-state index in [1.165, 1.54) is 13.2 Å². The molecule has 0 amide bonds. The predicted molar refractivity (Wildman–Crippen MR) is 93.0 cm³/mol. The highest BCUT2D eigenvalue weighted by Gasteiger charge is 2.32. The number of allylic oxidation sites excluding steroid dienone is 2. The number of hydrogen-bond acceptors (Lipinski definition) is 4. The van der Waals surface area contributed by atoms with E-state index in [4.69, 9.17) is 14.2 Å². The Bertz CT molecular complexity index is 687. The topological polar surface area (TPSA) is 44.8 Å². The van der Waals surface area contributed by atoms with Gasteiger partial charge in [-0.05, 0) is 42.7 Å². The van der Waals surface area contributed by atoms with Crippen LogP contribution in [-0.4, -0.2) is 26.0 Å². The molecule has 1 atom stereocenters. The van der Waals surface area contributed by atoms with Gasteiger partial charge in [-0.1, -0.05) is 19.9 Å². The molecule has 1 saturated heterocycles. The van der Waals surface area contributed by atoms with Crippen LogP contribution in [0.3, 0.4) is 0 Å². The van der Waals surface area contributed by atoms with Crippen molar-refractivity contribution in [3.63, 3.8) is 0 Å². The lowest BCUT2D eigenvalue weighted by Crippen LogP contribution is -2.26. The lowest BCUT2D eigenvalue weighted by molar-refractivity contribution is -0.106. The van der Waals surface area contributed by atoms with E-state index in [9.17, 15) is 9.18 Å². The maximum Gasteiger partial charge on any atom is 0.340 e. The molecule has 0 bridgehead atoms. The van der Waals surface area contributed by atoms with Crippen LogP contribution >= 0.6 is 0 Å². The van der Waals surface area contributed by atoms with Crippen LogP contribution in [0.1, 0.15) is 61.9 Å². The van der Waals surface area contributed by atoms with Gasteiger partial charge in [-0.2, -0.15) is 0 Å². The molecule has 136 valence electrons. The number of ether oxygens (including phenoxy) is 3. The molecule has 0 aromatic heterocycles. The molecule has 1 aliphatic carbocycles. The lowest BCUT2D eigenvalue weighted by atomic mass is 9.81. The summed E-state index contributed by atoms with van der Waals surface area (Å²) in [5.41, 5.74) is 1.69. The molecule has 0 spiro atoms. The van der Waals surface area contributed by atoms with Crippen LogP contribution in [0.25, 0.3) is 5.57 Å². The average Bonchev–Trinajstić information content (AvgIpc) is 2.94. The minimum Gasteiger partial charge on any atom is -0.465 e. The molecule has 5 heteroatoms. The van der Waals surface area contributed by atoms with Gasteiger partial charge in [-0.3, -0.25) is 0 Å². The first kappa shape index (κ1) is 17.9. The van der Waals surface area contributed by atoms with Gasteiger partial charge in [0.05, 0.1) is 19.3 Å². The van der Waals surface area contributed by atoms with Crippen molar-refractivity contribution in [2.24, 2.45) is 5.41 Å². The number of carbonyl (C=O) groups excluding carboxylic acids is 1. The van der Waals surface area contributed by atoms with Crippen molar-refractivity contribution in [1.29, 1.82) is 0 Å². The molecule has 0 saturated carbocycles. The van der Waals surface area contributed by atoms with E-state index in [1.54, 1.807) is 6.07 Å². The highest BCUT2D eigenvalue weighted by molar-refractivity contribution is 5.92. The van der Waals surface area contributed by atoms with E-state index in [1.807, 2.05) is 0 Å². The normalized spacial score (nSPS) is 22.4. The van der Waals surface area contributed by atoms with E-state index >= 15 is 0 Å². The summed E-state index contributed by atoms with van der Waals surface area (Å²) in [6, 6.07) is 2.84. The minimum absolute atomic E-state index is 0.0588. The highest BCUT2D eigenvalue weighted by Crippen LogP contribution is 2.47. The number of benzene rings is 1. The van der Waals surface area contributed by atoms with Gasteiger partial charge in [0.2, 0.25) is 0 Å². The SMILES string of the molecule is COC(=O)c1cc(C2=CCCC2(C)C)c(OC2CCCCO2)cc1F. The Hall–Kier alpha value is -1.88. The van der Waals surface area contributed by atoms with Crippen molar-refractivity contribution in [2.45, 2.75) is 52.2 Å². The first-order valence-electron chi connectivity index (χ1n) is 8.83. The Balaban J connectivity index is 2.03. The summed E-state index contributed by atoms with van der Waals surface area (Å²) in [5.74, 6) is -0.897. The minimum atomic E-state index is -0.685. The number of esters is 1. The Labute approximate surface area is 148 Å². The third-order valence-electron chi connectivity index (χ3n) is 5.01. The predicted octanol–water partition coefficient (Wildman–Crippen LogP) is 4.72. The number of carbonyl (C=O) groups is 1. The van der Waals surface area contributed by atoms with Crippen LogP contribution in [0.15, 0.2) is 18.2 Å². The van der Waals surface area contributed by atoms with Crippen LogP contribution < -0.4 is 4.74 Å². The zero-order chi connectivity index (χ0) is 18.0. The molecule has 1 aliphatic heterocycles. The van der Waals surface area contributed by atoms with Crippen molar-refractivity contribution in [3.05, 3.63) is 35.2 Å². The second-order valence-electron chi connectivity index (χ2n) is 7.27. The highest BCUT2D eigenvalue weighted by atomic mass is 19.1. The van der Waals surface area contributed by atoms with Crippen molar-refractivity contribution >= 4 is 11.5 Å². The second kappa shape index (κ2) is 7.16. The third-order valence-corrected chi connectivity index (χ3v) is 5.01. The van der Waals surface area contributed by atoms with E-state index in [-0.39, 0.29) is 17.3 Å². The van der Waals surface area contributed by atoms with Crippen molar-refractivity contribution in [3.8, 4) is 5.75 Å². The zero-order valence-electron chi connectivity index (χ0n) is 15.1. The number of rotatable bonds is 4. The molecule has 0 N–H and O–H groups in total. The molecule has 2 aliphatic rings. The fourth-order valence-corrected chi connectivity index (χ4v) is 3.54. The van der Waals surface area contributed by atoms with Gasteiger partial charge in [0.25, 0.3) is 0 Å². The first-order chi connectivity index (χ1) is 11.9. The quantitative estimate of drug-likeness (QED) is 0.739. The molecule has 1 heterocycles. The summed E-state index contributed by atoms with van der Waals surface area (Å²) < 4.78 is 30.8. The lowest BCUT2D eigenvalue weighted by Gasteiger charge is -2.28. The van der Waals surface area contributed by atoms with E-state index in [0.717, 1.165) is 43.2 Å². The number of methoxy groups -OCH3 is 1. The molecule has 0 radical (unpaired) electrons. The Morgan fingerprint density at radius 2 is 2.12 bits per heavy atom. The van der Waals surface area contributed by atoms with Crippen LogP contribution in [0.4, 0.5) is 4.39 Å². The largest absolute Gasteiger partial charge is 0.465 e. The van der Waals surface area contributed by atoms with Gasteiger partial charge in [0.1, 0.15) is 11.6 Å². The molecular weight excluding hydrogens is 323 g/mol. The van der Waals surface area contributed by atoms with Gasteiger partial charge in [-0.25, -0.2) is 9.18 Å². The van der Waals surface area contributed by atoms with Crippen LogP contribution in [0.5, 0.6) is 5.75 Å². The summed E-state index contributed by atoms with van der Waals surface area (Å²) in [4.78, 5) is 11.9. The van der Waals surface area contributed by atoms with Gasteiger partial charge in [0, 0.05) is 18.1 Å².